The van der Waals surface area contributed by atoms with E-state index in [4.69, 9.17) is 17.3 Å². The monoisotopic (exact) mass is 284 g/mol. The first kappa shape index (κ1) is 15.2. The smallest absolute Gasteiger partial charge is 0.253 e. The fourth-order valence-corrected chi connectivity index (χ4v) is 1.49. The van der Waals surface area contributed by atoms with Gasteiger partial charge in [0.1, 0.15) is 11.9 Å². The largest absolute Gasteiger partial charge is 0.382 e. The first-order valence-corrected chi connectivity index (χ1v) is 6.21. The summed E-state index contributed by atoms with van der Waals surface area (Å²) in [7, 11) is 0. The van der Waals surface area contributed by atoms with Gasteiger partial charge in [-0.15, -0.1) is 0 Å². The molecule has 2 amide bonds. The number of rotatable bonds is 4. The lowest BCUT2D eigenvalue weighted by molar-refractivity contribution is -0.123. The van der Waals surface area contributed by atoms with E-state index < -0.39 is 11.9 Å². The highest BCUT2D eigenvalue weighted by Gasteiger charge is 2.17. The van der Waals surface area contributed by atoms with Crippen LogP contribution in [0.15, 0.2) is 12.3 Å². The summed E-state index contributed by atoms with van der Waals surface area (Å²) in [6.07, 6.45) is 1.31. The predicted octanol–water partition coefficient (Wildman–Crippen LogP) is 0.960. The Labute approximate surface area is 116 Å². The van der Waals surface area contributed by atoms with Gasteiger partial charge in [0.25, 0.3) is 5.91 Å². The Morgan fingerprint density at radius 1 is 1.32 bits per heavy atom. The number of carbonyl (C=O) groups is 2. The van der Waals surface area contributed by atoms with Crippen LogP contribution in [0.2, 0.25) is 5.02 Å². The third-order valence-electron chi connectivity index (χ3n) is 2.30. The Balaban J connectivity index is 2.68. The van der Waals surface area contributed by atoms with Gasteiger partial charge >= 0.3 is 0 Å². The molecule has 0 fully saturated rings. The lowest BCUT2D eigenvalue weighted by Gasteiger charge is -2.16. The van der Waals surface area contributed by atoms with Crippen LogP contribution in [-0.4, -0.2) is 28.9 Å². The molecule has 19 heavy (non-hydrogen) atoms. The van der Waals surface area contributed by atoms with Crippen molar-refractivity contribution in [3.05, 3.63) is 22.8 Å². The molecular formula is C12H17ClN4O2. The molecule has 104 valence electrons. The number of aromatic nitrogens is 1. The normalized spacial score (nSPS) is 12.1. The summed E-state index contributed by atoms with van der Waals surface area (Å²) in [5.74, 6) is -0.525. The summed E-state index contributed by atoms with van der Waals surface area (Å²) in [5.41, 5.74) is 5.71. The highest BCUT2D eigenvalue weighted by Crippen LogP contribution is 2.16. The maximum Gasteiger partial charge on any atom is 0.253 e. The highest BCUT2D eigenvalue weighted by atomic mass is 35.5. The van der Waals surface area contributed by atoms with E-state index in [0.29, 0.717) is 0 Å². The number of nitrogens with zero attached hydrogens (tertiary/aromatic N) is 1. The van der Waals surface area contributed by atoms with Crippen molar-refractivity contribution in [1.29, 1.82) is 0 Å². The van der Waals surface area contributed by atoms with E-state index in [0.717, 1.165) is 0 Å². The summed E-state index contributed by atoms with van der Waals surface area (Å²) in [6, 6.07) is 0.775. The molecular weight excluding hydrogens is 268 g/mol. The van der Waals surface area contributed by atoms with Crippen LogP contribution < -0.4 is 16.4 Å². The molecule has 1 atom stereocenters. The quantitative estimate of drug-likeness (QED) is 0.767. The van der Waals surface area contributed by atoms with Gasteiger partial charge in [0.05, 0.1) is 10.6 Å². The molecule has 0 aliphatic heterocycles. The molecule has 0 radical (unpaired) electrons. The van der Waals surface area contributed by atoms with Gasteiger partial charge < -0.3 is 16.4 Å². The number of nitrogen functional groups attached to an aromatic ring is 1. The van der Waals surface area contributed by atoms with Gasteiger partial charge in [-0.05, 0) is 26.8 Å². The number of hydrogen-bond acceptors (Lipinski definition) is 4. The molecule has 1 heterocycles. The van der Waals surface area contributed by atoms with Crippen molar-refractivity contribution in [2.24, 2.45) is 0 Å². The van der Waals surface area contributed by atoms with Gasteiger partial charge in [0.2, 0.25) is 5.91 Å². The third-order valence-corrected chi connectivity index (χ3v) is 2.61. The Morgan fingerprint density at radius 3 is 2.47 bits per heavy atom. The maximum absolute atomic E-state index is 11.9. The number of halogens is 1. The highest BCUT2D eigenvalue weighted by molar-refractivity contribution is 6.33. The van der Waals surface area contributed by atoms with Crippen LogP contribution in [0, 0.1) is 0 Å². The minimum absolute atomic E-state index is 0.0134. The molecule has 1 rings (SSSR count). The average Bonchev–Trinajstić information content (AvgIpc) is 2.31. The number of carbonyl (C=O) groups excluding carboxylic acids is 2. The topological polar surface area (TPSA) is 97.1 Å². The Bertz CT molecular complexity index is 491. The van der Waals surface area contributed by atoms with E-state index in [1.165, 1.54) is 12.3 Å². The lowest BCUT2D eigenvalue weighted by Crippen LogP contribution is -2.46. The maximum atomic E-state index is 11.9. The zero-order valence-corrected chi connectivity index (χ0v) is 11.8. The molecule has 6 nitrogen and oxygen atoms in total. The fraction of sp³-hybridized carbons (Fsp3) is 0.417. The number of anilines is 1. The van der Waals surface area contributed by atoms with Crippen molar-refractivity contribution in [3.8, 4) is 0 Å². The van der Waals surface area contributed by atoms with Gasteiger partial charge in [0.15, 0.2) is 0 Å². The Kier molecular flexibility index (Phi) is 5.11. The van der Waals surface area contributed by atoms with Crippen LogP contribution in [0.1, 0.15) is 31.1 Å². The van der Waals surface area contributed by atoms with Gasteiger partial charge in [0, 0.05) is 12.2 Å². The molecule has 0 saturated carbocycles. The number of pyridine rings is 1. The average molecular weight is 285 g/mol. The van der Waals surface area contributed by atoms with Crippen molar-refractivity contribution in [2.45, 2.75) is 32.9 Å². The van der Waals surface area contributed by atoms with E-state index in [1.54, 1.807) is 6.92 Å². The van der Waals surface area contributed by atoms with Crippen molar-refractivity contribution < 1.29 is 9.59 Å². The SMILES string of the molecule is CC(C)NC(=O)C(C)NC(=O)c1cnc(N)c(Cl)c1. The van der Waals surface area contributed by atoms with Crippen LogP contribution in [0.25, 0.3) is 0 Å². The minimum Gasteiger partial charge on any atom is -0.382 e. The molecule has 0 aliphatic rings. The van der Waals surface area contributed by atoms with E-state index in [-0.39, 0.29) is 28.4 Å². The molecule has 0 aliphatic carbocycles. The molecule has 0 aromatic carbocycles. The first-order chi connectivity index (χ1) is 8.81. The molecule has 7 heteroatoms. The molecule has 0 bridgehead atoms. The number of nitrogens with two attached hydrogens (primary N) is 1. The summed E-state index contributed by atoms with van der Waals surface area (Å²) in [6.45, 7) is 5.29. The second kappa shape index (κ2) is 6.38. The van der Waals surface area contributed by atoms with Crippen molar-refractivity contribution in [2.75, 3.05) is 5.73 Å². The van der Waals surface area contributed by atoms with Gasteiger partial charge in [-0.3, -0.25) is 9.59 Å². The summed E-state index contributed by atoms with van der Waals surface area (Å²) in [4.78, 5) is 27.3. The summed E-state index contributed by atoms with van der Waals surface area (Å²) in [5, 5.41) is 5.46. The number of amides is 2. The summed E-state index contributed by atoms with van der Waals surface area (Å²) >= 11 is 5.78. The molecule has 4 N–H and O–H groups in total. The van der Waals surface area contributed by atoms with E-state index in [9.17, 15) is 9.59 Å². The van der Waals surface area contributed by atoms with E-state index >= 15 is 0 Å². The van der Waals surface area contributed by atoms with Crippen molar-refractivity contribution in [3.63, 3.8) is 0 Å². The van der Waals surface area contributed by atoms with Gasteiger partial charge in [-0.2, -0.15) is 0 Å². The van der Waals surface area contributed by atoms with Gasteiger partial charge in [-0.1, -0.05) is 11.6 Å². The summed E-state index contributed by atoms with van der Waals surface area (Å²) < 4.78 is 0. The van der Waals surface area contributed by atoms with Gasteiger partial charge in [-0.25, -0.2) is 4.98 Å². The molecule has 1 unspecified atom stereocenters. The predicted molar refractivity (Wildman–Crippen MR) is 73.9 cm³/mol. The first-order valence-electron chi connectivity index (χ1n) is 5.83. The lowest BCUT2D eigenvalue weighted by atomic mass is 10.2. The fourth-order valence-electron chi connectivity index (χ4n) is 1.33. The molecule has 0 saturated heterocycles. The van der Waals surface area contributed by atoms with E-state index in [2.05, 4.69) is 15.6 Å². The molecule has 1 aromatic heterocycles. The van der Waals surface area contributed by atoms with Crippen LogP contribution in [0.5, 0.6) is 0 Å². The second-order valence-corrected chi connectivity index (χ2v) is 4.86. The zero-order valence-electron chi connectivity index (χ0n) is 11.0. The standard InChI is InChI=1S/C12H17ClN4O2/c1-6(2)16-11(18)7(3)17-12(19)8-4-9(13)10(14)15-5-8/h4-7H,1-3H3,(H2,14,15)(H,16,18)(H,17,19). The minimum atomic E-state index is -0.647. The Hall–Kier alpha value is -1.82. The molecule has 0 spiro atoms. The van der Waals surface area contributed by atoms with Crippen LogP contribution in [0.3, 0.4) is 0 Å². The zero-order chi connectivity index (χ0) is 14.6. The third kappa shape index (κ3) is 4.40. The van der Waals surface area contributed by atoms with E-state index in [1.807, 2.05) is 13.8 Å². The second-order valence-electron chi connectivity index (χ2n) is 4.45. The molecule has 1 aromatic rings. The van der Waals surface area contributed by atoms with Crippen molar-refractivity contribution >= 4 is 29.2 Å². The van der Waals surface area contributed by atoms with Crippen LogP contribution in [0.4, 0.5) is 5.82 Å². The van der Waals surface area contributed by atoms with Crippen LogP contribution >= 0.6 is 11.6 Å². The van der Waals surface area contributed by atoms with Crippen LogP contribution in [-0.2, 0) is 4.79 Å². The Morgan fingerprint density at radius 2 is 1.95 bits per heavy atom. The number of hydrogen-bond donors (Lipinski definition) is 3. The number of nitrogens with one attached hydrogen (secondary N) is 2. The van der Waals surface area contributed by atoms with Crippen molar-refractivity contribution in [1.82, 2.24) is 15.6 Å².